The summed E-state index contributed by atoms with van der Waals surface area (Å²) in [4.78, 5) is 90.1. The number of sulfone groups is 1. The van der Waals surface area contributed by atoms with Crippen molar-refractivity contribution < 1.29 is 88.3 Å². The van der Waals surface area contributed by atoms with E-state index < -0.39 is 122 Å². The predicted molar refractivity (Wildman–Crippen MR) is 281 cm³/mol. The highest BCUT2D eigenvalue weighted by Gasteiger charge is 2.57. The van der Waals surface area contributed by atoms with E-state index in [0.29, 0.717) is 29.4 Å². The van der Waals surface area contributed by atoms with Gasteiger partial charge in [-0.25, -0.2) is 40.8 Å². The van der Waals surface area contributed by atoms with Crippen molar-refractivity contribution in [3.05, 3.63) is 70.4 Å². The molecule has 3 aliphatic carbocycles. The number of nitrogens with one attached hydrogen (secondary N) is 4. The van der Waals surface area contributed by atoms with Crippen LogP contribution in [0.2, 0.25) is 0 Å². The van der Waals surface area contributed by atoms with Crippen molar-refractivity contribution in [2.45, 2.75) is 117 Å². The minimum absolute atomic E-state index is 0.0268. The summed E-state index contributed by atoms with van der Waals surface area (Å²) < 4.78 is 115. The molecule has 2 aromatic carbocycles. The fourth-order valence-corrected chi connectivity index (χ4v) is 13.6. The highest BCUT2D eigenvalue weighted by atomic mass is 32.2. The van der Waals surface area contributed by atoms with E-state index in [1.165, 1.54) is 48.5 Å². The summed E-state index contributed by atoms with van der Waals surface area (Å²) in [5.41, 5.74) is 0.253. The summed E-state index contributed by atoms with van der Waals surface area (Å²) >= 11 is -2.37. The van der Waals surface area contributed by atoms with Crippen LogP contribution >= 0.6 is 11.8 Å². The van der Waals surface area contributed by atoms with Gasteiger partial charge in [-0.05, 0) is 54.8 Å². The van der Waals surface area contributed by atoms with Crippen molar-refractivity contribution in [3.63, 3.8) is 0 Å². The maximum Gasteiger partial charge on any atom is 0.336 e. The number of imide groups is 1. The number of carbonyl (C=O) groups excluding carboxylic acids is 4. The van der Waals surface area contributed by atoms with Gasteiger partial charge in [-0.1, -0.05) is 38.2 Å². The van der Waals surface area contributed by atoms with Crippen LogP contribution in [-0.4, -0.2) is 166 Å². The molecule has 1 saturated heterocycles. The first-order valence-corrected chi connectivity index (χ1v) is 29.2. The number of halogens is 3. The van der Waals surface area contributed by atoms with Gasteiger partial charge in [-0.2, -0.15) is 0 Å². The number of phenolic OH excluding ortho intramolecular Hbond substituents is 1. The van der Waals surface area contributed by atoms with Crippen molar-refractivity contribution in [3.8, 4) is 28.2 Å². The standard InChI is InChI=1S/C51H60F3N5O17S3/c52-43-44(53)48(47(45(54)46(43)58-78(70)71)56-27-6-4-2-1-3-5-7-27)79(72,73)21-15-39(62)55-16-18-75-20-19-74-17-14-40(63)57-35(51(68)69)26-77-38-25-41(64)59(49(38)65)28-8-11-31(34(22-28)50(66)67)42-32-12-9-29(60)23-36(32)76-37-24-30(61)10-13-33(37)42/h8-13,22-24,27,35,38,43-48,56,58,60H,1-7,14-21,25-26H2,(H,55,62)(H,57,63)(H,66,67)(H,68,69)(H,70,71)/p-1. The number of ether oxygens (including phenoxy) is 2. The Hall–Kier alpha value is -6.01. The number of nitrogens with zero attached hydrogens (tertiary/aromatic N) is 1. The number of phenols is 1. The molecule has 9 unspecified atom stereocenters. The second kappa shape index (κ2) is 27.4. The molecule has 7 rings (SSSR count). The maximum atomic E-state index is 15.9. The Bertz CT molecular complexity index is 3060. The number of carboxylic acids is 2. The number of hydrogen-bond acceptors (Lipinski definition) is 17. The van der Waals surface area contributed by atoms with E-state index in [4.69, 9.17) is 13.9 Å². The first-order chi connectivity index (χ1) is 37.6. The Balaban J connectivity index is 0.824. The van der Waals surface area contributed by atoms with Gasteiger partial charge in [0.05, 0.1) is 60.8 Å². The van der Waals surface area contributed by atoms with E-state index in [-0.39, 0.29) is 90.9 Å². The van der Waals surface area contributed by atoms with Gasteiger partial charge >= 0.3 is 11.9 Å². The smallest absolute Gasteiger partial charge is 0.336 e. The number of aliphatic carboxylic acids is 1. The molecule has 0 spiro atoms. The maximum absolute atomic E-state index is 15.9. The summed E-state index contributed by atoms with van der Waals surface area (Å²) in [6.07, 6.45) is -4.10. The number of carbonyl (C=O) groups is 6. The average molecular weight is 1170 g/mol. The zero-order valence-corrected chi connectivity index (χ0v) is 44.7. The normalized spacial score (nSPS) is 23.0. The van der Waals surface area contributed by atoms with Gasteiger partial charge in [0.15, 0.2) is 27.6 Å². The second-order valence-corrected chi connectivity index (χ2v) is 23.5. The number of benzene rings is 3. The number of amides is 4. The van der Waals surface area contributed by atoms with Gasteiger partial charge in [-0.3, -0.25) is 28.2 Å². The molecular weight excluding hydrogens is 1110 g/mol. The molecule has 0 radical (unpaired) electrons. The molecule has 0 bridgehead atoms. The first kappa shape index (κ1) is 60.6. The average Bonchev–Trinajstić information content (AvgIpc) is 3.71. The lowest BCUT2D eigenvalue weighted by Gasteiger charge is -2.44. The number of hydrogen-bond donors (Lipinski definition) is 7. The Morgan fingerprint density at radius 2 is 1.53 bits per heavy atom. The molecule has 22 nitrogen and oxygen atoms in total. The monoisotopic (exact) mass is 1170 g/mol. The van der Waals surface area contributed by atoms with Crippen LogP contribution in [0.4, 0.5) is 18.9 Å². The zero-order chi connectivity index (χ0) is 57.1. The molecule has 0 aromatic heterocycles. The molecule has 2 aliphatic heterocycles. The van der Waals surface area contributed by atoms with Gasteiger partial charge in [0.2, 0.25) is 23.6 Å². The lowest BCUT2D eigenvalue weighted by atomic mass is 9.85. The van der Waals surface area contributed by atoms with Crippen LogP contribution in [0.1, 0.15) is 74.6 Å². The fourth-order valence-electron chi connectivity index (χ4n) is 9.99. The van der Waals surface area contributed by atoms with Crippen LogP contribution in [0.5, 0.6) is 5.75 Å². The number of carboxylic acid groups (broad SMARTS) is 2. The third-order valence-corrected chi connectivity index (χ3v) is 17.8. The Morgan fingerprint density at radius 1 is 0.835 bits per heavy atom. The number of aromatic carboxylic acids is 1. The third kappa shape index (κ3) is 15.3. The lowest BCUT2D eigenvalue weighted by Crippen LogP contribution is -2.70. The zero-order valence-electron chi connectivity index (χ0n) is 42.3. The van der Waals surface area contributed by atoms with E-state index in [9.17, 15) is 66.1 Å². The van der Waals surface area contributed by atoms with Crippen molar-refractivity contribution in [2.75, 3.05) is 49.4 Å². The molecule has 2 saturated carbocycles. The molecule has 2 heterocycles. The van der Waals surface area contributed by atoms with Crippen LogP contribution in [0, 0.1) is 0 Å². The fraction of sp³-hybridized carbons (Fsp3) is 0.510. The molecule has 4 amide bonds. The second-order valence-electron chi connectivity index (χ2n) is 19.3. The topological polar surface area (TPSA) is 337 Å². The Kier molecular flexibility index (Phi) is 21.1. The third-order valence-electron chi connectivity index (χ3n) is 13.8. The highest BCUT2D eigenvalue weighted by Crippen LogP contribution is 2.43. The molecule has 2 aromatic rings. The molecule has 5 aliphatic rings. The minimum Gasteiger partial charge on any atom is -0.760 e. The molecule has 79 heavy (non-hydrogen) atoms. The predicted octanol–water partition coefficient (Wildman–Crippen LogP) is 3.47. The van der Waals surface area contributed by atoms with Crippen molar-refractivity contribution >= 4 is 85.1 Å². The molecule has 430 valence electrons. The summed E-state index contributed by atoms with van der Waals surface area (Å²) in [7, 11) is -4.69. The van der Waals surface area contributed by atoms with Gasteiger partial charge in [-0.15, -0.1) is 11.8 Å². The lowest BCUT2D eigenvalue weighted by molar-refractivity contribution is -0.141. The number of anilines is 1. The Labute approximate surface area is 457 Å². The summed E-state index contributed by atoms with van der Waals surface area (Å²) in [6, 6.07) is 6.19. The number of thioether (sulfide) groups is 1. The molecular formula is C51H59F3N5O17S3-. The van der Waals surface area contributed by atoms with Gasteiger partial charge in [0, 0.05) is 77.5 Å². The summed E-state index contributed by atoms with van der Waals surface area (Å²) in [6.45, 7) is -0.414. The summed E-state index contributed by atoms with van der Waals surface area (Å²) in [5, 5.41) is 35.1. The van der Waals surface area contributed by atoms with E-state index in [1.807, 2.05) is 0 Å². The van der Waals surface area contributed by atoms with Crippen molar-refractivity contribution in [1.82, 2.24) is 20.7 Å². The van der Waals surface area contributed by atoms with E-state index >= 15 is 13.2 Å². The molecule has 28 heteroatoms. The van der Waals surface area contributed by atoms with Crippen molar-refractivity contribution in [1.29, 1.82) is 0 Å². The van der Waals surface area contributed by atoms with Gasteiger partial charge < -0.3 is 49.7 Å². The van der Waals surface area contributed by atoms with Crippen LogP contribution < -0.4 is 31.0 Å². The van der Waals surface area contributed by atoms with Crippen LogP contribution in [0.15, 0.2) is 63.8 Å². The molecule has 7 N–H and O–H groups in total. The van der Waals surface area contributed by atoms with Crippen molar-refractivity contribution in [2.24, 2.45) is 0 Å². The van der Waals surface area contributed by atoms with Crippen LogP contribution in [0.25, 0.3) is 33.4 Å². The highest BCUT2D eigenvalue weighted by molar-refractivity contribution is 8.00. The largest absolute Gasteiger partial charge is 0.760 e. The number of rotatable bonds is 25. The quantitative estimate of drug-likeness (QED) is 0.0216. The van der Waals surface area contributed by atoms with E-state index in [0.717, 1.165) is 54.8 Å². The number of fused-ring (bicyclic) bond motifs is 2. The number of alkyl halides is 3. The molecule has 3 fully saturated rings. The first-order valence-electron chi connectivity index (χ1n) is 25.4. The van der Waals surface area contributed by atoms with Crippen LogP contribution in [0.3, 0.4) is 0 Å². The Morgan fingerprint density at radius 3 is 2.23 bits per heavy atom. The van der Waals surface area contributed by atoms with E-state index in [2.05, 4.69) is 16.0 Å². The number of aromatic hydroxyl groups is 1. The van der Waals surface area contributed by atoms with Gasteiger partial charge in [0.25, 0.3) is 0 Å². The van der Waals surface area contributed by atoms with Gasteiger partial charge in [0.1, 0.15) is 34.6 Å². The molecule has 9 atom stereocenters. The van der Waals surface area contributed by atoms with E-state index in [1.54, 1.807) is 4.72 Å². The SMILES string of the molecule is O=C(CCS(=O)(=O)C1C(F)C(F)C(NS(=O)[O-])C(F)C1NC1CCCCCCC1)NCCOCCOCCC(=O)NC(CSC1CC(=O)N(c2ccc(-c3c4ccc(=O)cc-4oc4cc(O)ccc34)c(C(=O)O)c2)C1=O)C(=O)O. The van der Waals surface area contributed by atoms with Crippen LogP contribution in [-0.2, 0) is 54.6 Å². The summed E-state index contributed by atoms with van der Waals surface area (Å²) in [5.74, 6) is -7.08. The minimum atomic E-state index is -4.69.